The van der Waals surface area contributed by atoms with Gasteiger partial charge in [0, 0.05) is 6.04 Å². The van der Waals surface area contributed by atoms with Gasteiger partial charge in [0.25, 0.3) is 0 Å². The third-order valence-corrected chi connectivity index (χ3v) is 4.60. The zero-order valence-corrected chi connectivity index (χ0v) is 13.8. The van der Waals surface area contributed by atoms with Crippen LogP contribution in [-0.4, -0.2) is 17.3 Å². The Morgan fingerprint density at radius 2 is 1.16 bits per heavy atom. The van der Waals surface area contributed by atoms with E-state index in [9.17, 15) is 4.79 Å². The highest BCUT2D eigenvalue weighted by molar-refractivity contribution is 9.09. The molecule has 0 bridgehead atoms. The first-order valence-electron chi connectivity index (χ1n) is 8.18. The van der Waals surface area contributed by atoms with E-state index in [-0.39, 0.29) is 5.91 Å². The molecule has 1 aliphatic carbocycles. The van der Waals surface area contributed by atoms with Crippen LogP contribution in [0.3, 0.4) is 0 Å². The lowest BCUT2D eigenvalue weighted by Gasteiger charge is -2.18. The first kappa shape index (κ1) is 17.0. The second-order valence-corrected chi connectivity index (χ2v) is 6.43. The molecule has 0 aromatic carbocycles. The summed E-state index contributed by atoms with van der Waals surface area (Å²) >= 11 is 3.23. The Labute approximate surface area is 127 Å². The summed E-state index contributed by atoms with van der Waals surface area (Å²) in [5, 5.41) is 3.60. The predicted molar refractivity (Wildman–Crippen MR) is 85.7 cm³/mol. The van der Waals surface area contributed by atoms with E-state index in [1.54, 1.807) is 0 Å². The molecule has 19 heavy (non-hydrogen) atoms. The Kier molecular flexibility index (Phi) is 10.5. The molecule has 0 heterocycles. The highest BCUT2D eigenvalue weighted by Gasteiger charge is 2.11. The molecule has 112 valence electrons. The molecular formula is C16H30BrNO. The smallest absolute Gasteiger partial charge is 0.230 e. The van der Waals surface area contributed by atoms with Crippen molar-refractivity contribution in [3.05, 3.63) is 0 Å². The van der Waals surface area contributed by atoms with Crippen molar-refractivity contribution in [1.82, 2.24) is 5.32 Å². The molecule has 0 radical (unpaired) electrons. The second kappa shape index (κ2) is 11.7. The third kappa shape index (κ3) is 9.48. The third-order valence-electron chi connectivity index (χ3n) is 4.09. The zero-order valence-electron chi connectivity index (χ0n) is 12.3. The summed E-state index contributed by atoms with van der Waals surface area (Å²) in [4.78, 5) is 11.5. The lowest BCUT2D eigenvalue weighted by atomic mass is 9.98. The van der Waals surface area contributed by atoms with Crippen molar-refractivity contribution in [3.8, 4) is 0 Å². The van der Waals surface area contributed by atoms with Gasteiger partial charge in [-0.15, -0.1) is 0 Å². The van der Waals surface area contributed by atoms with E-state index in [4.69, 9.17) is 0 Å². The van der Waals surface area contributed by atoms with Crippen molar-refractivity contribution >= 4 is 21.8 Å². The Hall–Kier alpha value is -0.0500. The quantitative estimate of drug-likeness (QED) is 0.712. The Morgan fingerprint density at radius 3 is 1.53 bits per heavy atom. The Balaban J connectivity index is 2.29. The van der Waals surface area contributed by atoms with Gasteiger partial charge in [-0.05, 0) is 12.8 Å². The van der Waals surface area contributed by atoms with E-state index < -0.39 is 0 Å². The van der Waals surface area contributed by atoms with Crippen molar-refractivity contribution in [2.45, 2.75) is 89.5 Å². The predicted octanol–water partition coefficient (Wildman–Crippen LogP) is 4.95. The minimum absolute atomic E-state index is 0.145. The zero-order chi connectivity index (χ0) is 13.8. The maximum Gasteiger partial charge on any atom is 0.230 e. The number of alkyl halides is 1. The number of hydrogen-bond donors (Lipinski definition) is 1. The monoisotopic (exact) mass is 331 g/mol. The number of carbonyl (C=O) groups excluding carboxylic acids is 1. The minimum Gasteiger partial charge on any atom is -0.353 e. The minimum atomic E-state index is 0.145. The molecule has 0 unspecified atom stereocenters. The van der Waals surface area contributed by atoms with Crippen LogP contribution in [0.15, 0.2) is 0 Å². The van der Waals surface area contributed by atoms with Gasteiger partial charge in [0.05, 0.1) is 5.33 Å². The van der Waals surface area contributed by atoms with Crippen molar-refractivity contribution < 1.29 is 4.79 Å². The first-order chi connectivity index (χ1) is 9.33. The fraction of sp³-hybridized carbons (Fsp3) is 0.938. The van der Waals surface area contributed by atoms with Gasteiger partial charge >= 0.3 is 0 Å². The number of halogens is 1. The fourth-order valence-electron chi connectivity index (χ4n) is 2.93. The van der Waals surface area contributed by atoms with E-state index in [1.807, 2.05) is 0 Å². The summed E-state index contributed by atoms with van der Waals surface area (Å²) in [6.07, 6.45) is 17.4. The molecule has 0 saturated heterocycles. The molecule has 2 nitrogen and oxygen atoms in total. The Morgan fingerprint density at radius 1 is 0.789 bits per heavy atom. The van der Waals surface area contributed by atoms with E-state index in [2.05, 4.69) is 21.2 Å². The molecule has 0 spiro atoms. The van der Waals surface area contributed by atoms with Crippen LogP contribution in [-0.2, 0) is 4.79 Å². The molecule has 0 aromatic heterocycles. The number of nitrogens with one attached hydrogen (secondary N) is 1. The first-order valence-corrected chi connectivity index (χ1v) is 9.30. The van der Waals surface area contributed by atoms with Crippen LogP contribution in [0.5, 0.6) is 0 Å². The summed E-state index contributed by atoms with van der Waals surface area (Å²) in [5.41, 5.74) is 0. The normalized spacial score (nSPS) is 21.5. The van der Waals surface area contributed by atoms with Crippen LogP contribution in [0.2, 0.25) is 0 Å². The number of hydrogen-bond acceptors (Lipinski definition) is 1. The van der Waals surface area contributed by atoms with E-state index in [0.717, 1.165) is 0 Å². The average Bonchev–Trinajstić information content (AvgIpc) is 2.42. The summed E-state index contributed by atoms with van der Waals surface area (Å²) < 4.78 is 0. The maximum atomic E-state index is 11.5. The maximum absolute atomic E-state index is 11.5. The highest BCUT2D eigenvalue weighted by Crippen LogP contribution is 2.17. The van der Waals surface area contributed by atoms with Crippen molar-refractivity contribution in [1.29, 1.82) is 0 Å². The van der Waals surface area contributed by atoms with Crippen LogP contribution in [0.1, 0.15) is 83.5 Å². The lowest BCUT2D eigenvalue weighted by molar-refractivity contribution is -0.119. The van der Waals surface area contributed by atoms with Crippen molar-refractivity contribution in [3.63, 3.8) is 0 Å². The molecule has 1 amide bonds. The van der Waals surface area contributed by atoms with Crippen LogP contribution < -0.4 is 5.32 Å². The largest absolute Gasteiger partial charge is 0.353 e. The molecule has 1 rings (SSSR count). The SMILES string of the molecule is O=C(CBr)NC1CCCCCCCCCCCCC1. The van der Waals surface area contributed by atoms with Crippen molar-refractivity contribution in [2.24, 2.45) is 0 Å². The number of amides is 1. The topological polar surface area (TPSA) is 29.1 Å². The van der Waals surface area contributed by atoms with Crippen LogP contribution in [0.4, 0.5) is 0 Å². The molecule has 0 atom stereocenters. The van der Waals surface area contributed by atoms with Crippen LogP contribution >= 0.6 is 15.9 Å². The van der Waals surface area contributed by atoms with Gasteiger partial charge in [0.15, 0.2) is 0 Å². The van der Waals surface area contributed by atoms with Gasteiger partial charge in [-0.25, -0.2) is 0 Å². The van der Waals surface area contributed by atoms with E-state index in [0.29, 0.717) is 11.4 Å². The molecular weight excluding hydrogens is 302 g/mol. The molecule has 3 heteroatoms. The van der Waals surface area contributed by atoms with Gasteiger partial charge in [0.1, 0.15) is 0 Å². The second-order valence-electron chi connectivity index (χ2n) is 5.86. The molecule has 1 aliphatic rings. The molecule has 1 N–H and O–H groups in total. The average molecular weight is 332 g/mol. The number of carbonyl (C=O) groups is 1. The van der Waals surface area contributed by atoms with Gasteiger partial charge < -0.3 is 5.32 Å². The summed E-state index contributed by atoms with van der Waals surface area (Å²) in [6.45, 7) is 0. The van der Waals surface area contributed by atoms with Gasteiger partial charge in [-0.3, -0.25) is 4.79 Å². The molecule has 1 fully saturated rings. The summed E-state index contributed by atoms with van der Waals surface area (Å²) in [7, 11) is 0. The lowest BCUT2D eigenvalue weighted by Crippen LogP contribution is -2.35. The van der Waals surface area contributed by atoms with Gasteiger partial charge in [0.2, 0.25) is 5.91 Å². The van der Waals surface area contributed by atoms with Gasteiger partial charge in [-0.1, -0.05) is 86.6 Å². The molecule has 1 saturated carbocycles. The standard InChI is InChI=1S/C16H30BrNO/c17-14-16(19)18-15-12-10-8-6-4-2-1-3-5-7-9-11-13-15/h15H,1-14H2,(H,18,19). The Bertz CT molecular complexity index is 219. The van der Waals surface area contributed by atoms with Gasteiger partial charge in [-0.2, -0.15) is 0 Å². The molecule has 0 aliphatic heterocycles. The van der Waals surface area contributed by atoms with E-state index >= 15 is 0 Å². The van der Waals surface area contributed by atoms with E-state index in [1.165, 1.54) is 83.5 Å². The molecule has 0 aromatic rings. The fourth-order valence-corrected chi connectivity index (χ4v) is 3.09. The summed E-state index contributed by atoms with van der Waals surface area (Å²) in [6, 6.07) is 0.410. The van der Waals surface area contributed by atoms with Crippen molar-refractivity contribution in [2.75, 3.05) is 5.33 Å². The summed E-state index contributed by atoms with van der Waals surface area (Å²) in [5.74, 6) is 0.145. The van der Waals surface area contributed by atoms with Crippen LogP contribution in [0, 0.1) is 0 Å². The number of rotatable bonds is 2. The van der Waals surface area contributed by atoms with Crippen LogP contribution in [0.25, 0.3) is 0 Å². The highest BCUT2D eigenvalue weighted by atomic mass is 79.9.